The maximum Gasteiger partial charge on any atom is 0.390 e. The first-order valence-electron chi connectivity index (χ1n) is 7.81. The second kappa shape index (κ2) is 5.36. The first-order chi connectivity index (χ1) is 10.3. The highest BCUT2D eigenvalue weighted by Crippen LogP contribution is 2.59. The van der Waals surface area contributed by atoms with Gasteiger partial charge in [-0.2, -0.15) is 18.4 Å². The molecule has 4 nitrogen and oxygen atoms in total. The van der Waals surface area contributed by atoms with Crippen LogP contribution in [0.4, 0.5) is 13.2 Å². The summed E-state index contributed by atoms with van der Waals surface area (Å²) in [6.07, 6.45) is -0.356. The lowest BCUT2D eigenvalue weighted by molar-refractivity contribution is -0.203. The molecule has 1 N–H and O–H groups in total. The Kier molecular flexibility index (Phi) is 3.91. The van der Waals surface area contributed by atoms with E-state index in [0.717, 1.165) is 25.7 Å². The van der Waals surface area contributed by atoms with Crippen molar-refractivity contribution >= 4 is 0 Å². The van der Waals surface area contributed by atoms with Crippen molar-refractivity contribution in [2.24, 2.45) is 5.41 Å². The summed E-state index contributed by atoms with van der Waals surface area (Å²) in [6.45, 7) is 1.07. The number of hydrogen-bond acceptors (Lipinski definition) is 4. The molecular formula is C15H21F3N2O2. The lowest BCUT2D eigenvalue weighted by atomic mass is 9.52. The number of nitriles is 1. The van der Waals surface area contributed by atoms with E-state index < -0.39 is 23.9 Å². The van der Waals surface area contributed by atoms with Crippen molar-refractivity contribution in [3.63, 3.8) is 0 Å². The van der Waals surface area contributed by atoms with Crippen LogP contribution in [-0.4, -0.2) is 37.3 Å². The van der Waals surface area contributed by atoms with Crippen LogP contribution in [0.15, 0.2) is 0 Å². The van der Waals surface area contributed by atoms with Gasteiger partial charge in [-0.3, -0.25) is 5.32 Å². The summed E-state index contributed by atoms with van der Waals surface area (Å²) < 4.78 is 48.1. The lowest BCUT2D eigenvalue weighted by Gasteiger charge is -2.57. The molecule has 3 rings (SSSR count). The molecule has 0 aromatic carbocycles. The average Bonchev–Trinajstić information content (AvgIpc) is 2.87. The molecule has 1 saturated heterocycles. The Morgan fingerprint density at radius 3 is 2.14 bits per heavy atom. The molecule has 0 aromatic heterocycles. The summed E-state index contributed by atoms with van der Waals surface area (Å²) in [4.78, 5) is 0. The van der Waals surface area contributed by atoms with E-state index in [9.17, 15) is 18.4 Å². The molecule has 0 amide bonds. The zero-order valence-corrected chi connectivity index (χ0v) is 12.5. The van der Waals surface area contributed by atoms with Gasteiger partial charge in [0.15, 0.2) is 5.79 Å². The largest absolute Gasteiger partial charge is 0.390 e. The predicted molar refractivity (Wildman–Crippen MR) is 71.8 cm³/mol. The average molecular weight is 318 g/mol. The molecule has 0 aromatic rings. The summed E-state index contributed by atoms with van der Waals surface area (Å²) >= 11 is 0. The van der Waals surface area contributed by atoms with Crippen LogP contribution >= 0.6 is 0 Å². The second-order valence-corrected chi connectivity index (χ2v) is 6.95. The zero-order valence-electron chi connectivity index (χ0n) is 12.5. The van der Waals surface area contributed by atoms with Crippen molar-refractivity contribution in [2.75, 3.05) is 19.8 Å². The number of nitrogens with one attached hydrogen (secondary N) is 1. The third kappa shape index (κ3) is 3.10. The van der Waals surface area contributed by atoms with Crippen LogP contribution in [0.25, 0.3) is 0 Å². The number of alkyl halides is 3. The monoisotopic (exact) mass is 318 g/mol. The minimum absolute atomic E-state index is 0.0710. The fraction of sp³-hybridized carbons (Fsp3) is 0.933. The third-order valence-electron chi connectivity index (χ3n) is 5.33. The first kappa shape index (κ1) is 16.0. The number of rotatable bonds is 3. The van der Waals surface area contributed by atoms with Gasteiger partial charge in [0.25, 0.3) is 0 Å². The van der Waals surface area contributed by atoms with Gasteiger partial charge in [0.2, 0.25) is 0 Å². The standard InChI is InChI=1S/C15H21F3N2O2/c16-15(17,18)5-6-20-13(11-19)9-12(10-13)1-3-14(4-2-12)21-7-8-22-14/h20H,1-10H2. The molecule has 3 aliphatic rings. The summed E-state index contributed by atoms with van der Waals surface area (Å²) in [5, 5.41) is 12.2. The predicted octanol–water partition coefficient (Wildman–Crippen LogP) is 2.89. The van der Waals surface area contributed by atoms with Gasteiger partial charge in [0, 0.05) is 19.4 Å². The molecule has 7 heteroatoms. The second-order valence-electron chi connectivity index (χ2n) is 6.95. The van der Waals surface area contributed by atoms with Crippen LogP contribution < -0.4 is 5.32 Å². The summed E-state index contributed by atoms with van der Waals surface area (Å²) in [7, 11) is 0. The molecule has 1 aliphatic heterocycles. The Morgan fingerprint density at radius 2 is 1.64 bits per heavy atom. The van der Waals surface area contributed by atoms with Gasteiger partial charge >= 0.3 is 6.18 Å². The SMILES string of the molecule is N#CC1(NCCC(F)(F)F)CC2(CCC3(CC2)OCCO3)C1. The Balaban J connectivity index is 1.50. The number of hydrogen-bond donors (Lipinski definition) is 1. The highest BCUT2D eigenvalue weighted by atomic mass is 19.4. The Hall–Kier alpha value is -0.840. The van der Waals surface area contributed by atoms with E-state index in [1.807, 2.05) is 0 Å². The van der Waals surface area contributed by atoms with E-state index in [1.54, 1.807) is 0 Å². The molecule has 22 heavy (non-hydrogen) atoms. The van der Waals surface area contributed by atoms with Gasteiger partial charge in [-0.1, -0.05) is 0 Å². The number of halogens is 3. The molecule has 0 bridgehead atoms. The van der Waals surface area contributed by atoms with Gasteiger partial charge < -0.3 is 9.47 Å². The van der Waals surface area contributed by atoms with Crippen molar-refractivity contribution in [3.05, 3.63) is 0 Å². The molecule has 1 heterocycles. The van der Waals surface area contributed by atoms with Crippen LogP contribution in [0.2, 0.25) is 0 Å². The summed E-state index contributed by atoms with van der Waals surface area (Å²) in [6, 6.07) is 2.19. The van der Waals surface area contributed by atoms with Crippen molar-refractivity contribution in [1.82, 2.24) is 5.32 Å². The normalized spacial score (nSPS) is 28.5. The van der Waals surface area contributed by atoms with Crippen LogP contribution in [0, 0.1) is 16.7 Å². The first-order valence-corrected chi connectivity index (χ1v) is 7.81. The highest BCUT2D eigenvalue weighted by molar-refractivity contribution is 5.21. The van der Waals surface area contributed by atoms with E-state index in [1.165, 1.54) is 0 Å². The van der Waals surface area contributed by atoms with E-state index in [0.29, 0.717) is 26.1 Å². The van der Waals surface area contributed by atoms with Crippen LogP contribution in [-0.2, 0) is 9.47 Å². The molecule has 0 atom stereocenters. The minimum atomic E-state index is -4.18. The summed E-state index contributed by atoms with van der Waals surface area (Å²) in [5.41, 5.74) is -0.714. The van der Waals surface area contributed by atoms with E-state index >= 15 is 0 Å². The molecular weight excluding hydrogens is 297 g/mol. The Labute approximate surface area is 127 Å². The number of ether oxygens (including phenoxy) is 2. The Morgan fingerprint density at radius 1 is 1.05 bits per heavy atom. The Bertz CT molecular complexity index is 448. The van der Waals surface area contributed by atoms with Crippen molar-refractivity contribution in [3.8, 4) is 6.07 Å². The fourth-order valence-electron chi connectivity index (χ4n) is 4.22. The molecule has 3 fully saturated rings. The van der Waals surface area contributed by atoms with E-state index in [4.69, 9.17) is 9.47 Å². The van der Waals surface area contributed by atoms with Crippen molar-refractivity contribution in [1.29, 1.82) is 5.26 Å². The highest BCUT2D eigenvalue weighted by Gasteiger charge is 2.58. The minimum Gasteiger partial charge on any atom is -0.348 e. The number of nitrogens with zero attached hydrogens (tertiary/aromatic N) is 1. The third-order valence-corrected chi connectivity index (χ3v) is 5.33. The van der Waals surface area contributed by atoms with Crippen LogP contribution in [0.5, 0.6) is 0 Å². The van der Waals surface area contributed by atoms with Gasteiger partial charge in [0.1, 0.15) is 5.54 Å². The van der Waals surface area contributed by atoms with Crippen molar-refractivity contribution < 1.29 is 22.6 Å². The van der Waals surface area contributed by atoms with Gasteiger partial charge in [0.05, 0.1) is 25.7 Å². The van der Waals surface area contributed by atoms with E-state index in [-0.39, 0.29) is 12.0 Å². The van der Waals surface area contributed by atoms with Gasteiger partial charge in [-0.15, -0.1) is 0 Å². The molecule has 2 saturated carbocycles. The topological polar surface area (TPSA) is 54.3 Å². The summed E-state index contributed by atoms with van der Waals surface area (Å²) in [5.74, 6) is -0.431. The van der Waals surface area contributed by atoms with E-state index in [2.05, 4.69) is 11.4 Å². The molecule has 2 aliphatic carbocycles. The lowest BCUT2D eigenvalue weighted by Crippen LogP contribution is -2.62. The molecule has 0 unspecified atom stereocenters. The van der Waals surface area contributed by atoms with Crippen molar-refractivity contribution in [2.45, 2.75) is 62.4 Å². The quantitative estimate of drug-likeness (QED) is 0.869. The maximum absolute atomic E-state index is 12.2. The molecule has 2 spiro atoms. The van der Waals surface area contributed by atoms with Gasteiger partial charge in [-0.25, -0.2) is 0 Å². The fourth-order valence-corrected chi connectivity index (χ4v) is 4.22. The molecule has 0 radical (unpaired) electrons. The zero-order chi connectivity index (χ0) is 15.9. The van der Waals surface area contributed by atoms with Gasteiger partial charge in [-0.05, 0) is 31.1 Å². The molecule has 124 valence electrons. The smallest absolute Gasteiger partial charge is 0.348 e. The van der Waals surface area contributed by atoms with Crippen LogP contribution in [0.1, 0.15) is 44.9 Å². The maximum atomic E-state index is 12.2. The van der Waals surface area contributed by atoms with Crippen LogP contribution in [0.3, 0.4) is 0 Å².